The second-order valence-corrected chi connectivity index (χ2v) is 3.03. The van der Waals surface area contributed by atoms with E-state index in [0.29, 0.717) is 0 Å². The summed E-state index contributed by atoms with van der Waals surface area (Å²) in [6.45, 7) is 4.51. The molecule has 0 aromatic heterocycles. The Balaban J connectivity index is 4.12. The van der Waals surface area contributed by atoms with Crippen molar-refractivity contribution in [1.29, 1.82) is 0 Å². The fourth-order valence-electron chi connectivity index (χ4n) is 0.812. The van der Waals surface area contributed by atoms with Crippen molar-refractivity contribution in [2.45, 2.75) is 26.9 Å². The predicted octanol–water partition coefficient (Wildman–Crippen LogP) is 3.22. The molecule has 13 heavy (non-hydrogen) atoms. The van der Waals surface area contributed by atoms with E-state index in [1.807, 2.05) is 13.8 Å². The minimum atomic E-state index is -4.20. The van der Waals surface area contributed by atoms with Gasteiger partial charge < -0.3 is 0 Å². The Morgan fingerprint density at radius 3 is 2.23 bits per heavy atom. The molecule has 0 saturated carbocycles. The smallest absolute Gasteiger partial charge is 0.283 e. The van der Waals surface area contributed by atoms with Crippen molar-refractivity contribution in [3.05, 3.63) is 11.6 Å². The Bertz CT molecular complexity index is 201. The summed E-state index contributed by atoms with van der Waals surface area (Å²) in [4.78, 5) is 3.32. The second kappa shape index (κ2) is 5.04. The molecule has 76 valence electrons. The largest absolute Gasteiger partial charge is 0.407 e. The minimum absolute atomic E-state index is 0.210. The summed E-state index contributed by atoms with van der Waals surface area (Å²) in [6, 6.07) is 0. The summed E-state index contributed by atoms with van der Waals surface area (Å²) in [5.41, 5.74) is 0.823. The van der Waals surface area contributed by atoms with Crippen LogP contribution in [0.15, 0.2) is 16.6 Å². The average Bonchev–Trinajstić information content (AvgIpc) is 1.95. The number of hydrogen-bond acceptors (Lipinski definition) is 1. The van der Waals surface area contributed by atoms with Gasteiger partial charge in [-0.15, -0.1) is 0 Å². The van der Waals surface area contributed by atoms with Gasteiger partial charge in [0.2, 0.25) is 0 Å². The first kappa shape index (κ1) is 12.2. The first-order chi connectivity index (χ1) is 5.87. The minimum Gasteiger partial charge on any atom is -0.283 e. The van der Waals surface area contributed by atoms with Crippen LogP contribution < -0.4 is 0 Å². The molecule has 0 rings (SSSR count). The zero-order valence-corrected chi connectivity index (χ0v) is 8.02. The zero-order valence-electron chi connectivity index (χ0n) is 8.02. The number of nitrogens with zero attached hydrogens (tertiary/aromatic N) is 1. The number of allylic oxidation sites excluding steroid dienone is 2. The van der Waals surface area contributed by atoms with Gasteiger partial charge in [0, 0.05) is 6.21 Å². The maximum Gasteiger partial charge on any atom is 0.407 e. The van der Waals surface area contributed by atoms with E-state index >= 15 is 0 Å². The third-order valence-electron chi connectivity index (χ3n) is 1.51. The van der Waals surface area contributed by atoms with Crippen LogP contribution in [0.25, 0.3) is 0 Å². The zero-order chi connectivity index (χ0) is 10.5. The summed E-state index contributed by atoms with van der Waals surface area (Å²) in [5, 5.41) is 0. The van der Waals surface area contributed by atoms with Crippen molar-refractivity contribution >= 4 is 6.21 Å². The van der Waals surface area contributed by atoms with Gasteiger partial charge in [-0.3, -0.25) is 4.99 Å². The lowest BCUT2D eigenvalue weighted by molar-refractivity contribution is -0.118. The Labute approximate surface area is 76.4 Å². The molecular formula is C9H14F3N. The van der Waals surface area contributed by atoms with Crippen LogP contribution in [-0.2, 0) is 0 Å². The molecule has 0 spiro atoms. The van der Waals surface area contributed by atoms with Gasteiger partial charge in [-0.1, -0.05) is 19.9 Å². The van der Waals surface area contributed by atoms with Crippen LogP contribution in [0.1, 0.15) is 20.8 Å². The van der Waals surface area contributed by atoms with Crippen LogP contribution in [0.3, 0.4) is 0 Å². The monoisotopic (exact) mass is 193 g/mol. The van der Waals surface area contributed by atoms with E-state index in [1.54, 1.807) is 13.0 Å². The molecule has 0 radical (unpaired) electrons. The van der Waals surface area contributed by atoms with E-state index in [-0.39, 0.29) is 5.92 Å². The van der Waals surface area contributed by atoms with E-state index < -0.39 is 12.7 Å². The van der Waals surface area contributed by atoms with Gasteiger partial charge in [0.1, 0.15) is 6.54 Å². The number of hydrogen-bond donors (Lipinski definition) is 0. The molecule has 0 aliphatic carbocycles. The van der Waals surface area contributed by atoms with Crippen LogP contribution in [-0.4, -0.2) is 18.9 Å². The summed E-state index contributed by atoms with van der Waals surface area (Å²) < 4.78 is 35.0. The van der Waals surface area contributed by atoms with Crippen LogP contribution in [0.5, 0.6) is 0 Å². The molecule has 4 heteroatoms. The molecule has 0 atom stereocenters. The summed E-state index contributed by atoms with van der Waals surface area (Å²) in [5.74, 6) is 0.210. The molecule has 0 bridgehead atoms. The van der Waals surface area contributed by atoms with Crippen molar-refractivity contribution in [3.8, 4) is 0 Å². The molecule has 0 aromatic rings. The van der Waals surface area contributed by atoms with Crippen molar-refractivity contribution in [1.82, 2.24) is 0 Å². The van der Waals surface area contributed by atoms with Gasteiger partial charge in [-0.2, -0.15) is 13.2 Å². The lowest BCUT2D eigenvalue weighted by Gasteiger charge is -2.05. The highest BCUT2D eigenvalue weighted by atomic mass is 19.4. The number of halogens is 3. The highest BCUT2D eigenvalue weighted by molar-refractivity contribution is 5.78. The molecular weight excluding hydrogens is 179 g/mol. The maximum absolute atomic E-state index is 11.7. The molecule has 0 saturated heterocycles. The maximum atomic E-state index is 11.7. The highest BCUT2D eigenvalue weighted by Gasteiger charge is 2.25. The van der Waals surface area contributed by atoms with Gasteiger partial charge in [-0.25, -0.2) is 0 Å². The third-order valence-corrected chi connectivity index (χ3v) is 1.51. The van der Waals surface area contributed by atoms with Crippen LogP contribution in [0.4, 0.5) is 13.2 Å². The average molecular weight is 193 g/mol. The van der Waals surface area contributed by atoms with Crippen molar-refractivity contribution < 1.29 is 13.2 Å². The Kier molecular flexibility index (Phi) is 4.73. The van der Waals surface area contributed by atoms with E-state index in [0.717, 1.165) is 5.57 Å². The van der Waals surface area contributed by atoms with Gasteiger partial charge >= 0.3 is 6.18 Å². The van der Waals surface area contributed by atoms with Gasteiger partial charge in [0.05, 0.1) is 0 Å². The number of alkyl halides is 3. The van der Waals surface area contributed by atoms with Gasteiger partial charge in [-0.05, 0) is 18.4 Å². The Morgan fingerprint density at radius 2 is 1.92 bits per heavy atom. The quantitative estimate of drug-likeness (QED) is 0.610. The molecule has 1 nitrogen and oxygen atoms in total. The van der Waals surface area contributed by atoms with Crippen LogP contribution in [0.2, 0.25) is 0 Å². The van der Waals surface area contributed by atoms with Crippen molar-refractivity contribution in [2.24, 2.45) is 10.9 Å². The normalized spacial score (nSPS) is 14.5. The van der Waals surface area contributed by atoms with Crippen molar-refractivity contribution in [3.63, 3.8) is 0 Å². The van der Waals surface area contributed by atoms with Crippen LogP contribution in [0, 0.1) is 5.92 Å². The topological polar surface area (TPSA) is 12.4 Å². The lowest BCUT2D eigenvalue weighted by Crippen LogP contribution is -2.12. The summed E-state index contributed by atoms with van der Waals surface area (Å²) in [7, 11) is 0. The predicted molar refractivity (Wildman–Crippen MR) is 48.0 cm³/mol. The number of aliphatic imine (C=N–C) groups is 1. The Hall–Kier alpha value is -0.800. The molecule has 0 aliphatic rings. The lowest BCUT2D eigenvalue weighted by atomic mass is 10.1. The second-order valence-electron chi connectivity index (χ2n) is 3.03. The summed E-state index contributed by atoms with van der Waals surface area (Å²) >= 11 is 0. The molecule has 0 amide bonds. The first-order valence-corrected chi connectivity index (χ1v) is 4.09. The van der Waals surface area contributed by atoms with Gasteiger partial charge in [0.15, 0.2) is 0 Å². The van der Waals surface area contributed by atoms with E-state index in [4.69, 9.17) is 0 Å². The van der Waals surface area contributed by atoms with E-state index in [2.05, 4.69) is 4.99 Å². The van der Waals surface area contributed by atoms with Crippen LogP contribution >= 0.6 is 0 Å². The molecule has 0 fully saturated rings. The Morgan fingerprint density at radius 1 is 1.38 bits per heavy atom. The van der Waals surface area contributed by atoms with E-state index in [1.165, 1.54) is 6.21 Å². The number of rotatable bonds is 3. The highest BCUT2D eigenvalue weighted by Crippen LogP contribution is 2.14. The SMILES string of the molecule is C/C=C(\C=NCC(F)(F)F)C(C)C. The third kappa shape index (κ3) is 6.37. The van der Waals surface area contributed by atoms with E-state index in [9.17, 15) is 13.2 Å². The summed E-state index contributed by atoms with van der Waals surface area (Å²) in [6.07, 6.45) is -1.14. The fourth-order valence-corrected chi connectivity index (χ4v) is 0.812. The standard InChI is InChI=1S/C9H14F3N/c1-4-8(7(2)3)5-13-6-9(10,11)12/h4-5,7H,6H2,1-3H3/b8-4+,13-5?. The fraction of sp³-hybridized carbons (Fsp3) is 0.667. The molecule has 0 aliphatic heterocycles. The van der Waals surface area contributed by atoms with Crippen molar-refractivity contribution in [2.75, 3.05) is 6.54 Å². The molecule has 0 N–H and O–H groups in total. The molecule has 0 unspecified atom stereocenters. The van der Waals surface area contributed by atoms with Gasteiger partial charge in [0.25, 0.3) is 0 Å². The molecule has 0 aromatic carbocycles. The first-order valence-electron chi connectivity index (χ1n) is 4.09. The molecule has 0 heterocycles.